The summed E-state index contributed by atoms with van der Waals surface area (Å²) in [6, 6.07) is 0. The number of aliphatic hydroxyl groups excluding tert-OH is 2. The molecule has 4 rings (SSSR count). The first-order valence-electron chi connectivity index (χ1n) is 12.3. The van der Waals surface area contributed by atoms with E-state index in [4.69, 9.17) is 4.55 Å². The maximum absolute atomic E-state index is 11.3. The molecule has 30 heavy (non-hydrogen) atoms. The largest absolute Gasteiger partial charge is 0.393 e. The lowest BCUT2D eigenvalue weighted by atomic mass is 9.43. The second kappa shape index (κ2) is 8.00. The van der Waals surface area contributed by atoms with Gasteiger partial charge in [-0.15, -0.1) is 0 Å². The number of rotatable bonds is 5. The molecule has 4 aliphatic carbocycles. The smallest absolute Gasteiger partial charge is 0.264 e. The molecule has 0 amide bonds. The van der Waals surface area contributed by atoms with Gasteiger partial charge in [-0.3, -0.25) is 4.55 Å². The van der Waals surface area contributed by atoms with E-state index in [1.165, 1.54) is 25.7 Å². The molecule has 4 aliphatic rings. The second-order valence-electron chi connectivity index (χ2n) is 11.9. The Hall–Kier alpha value is -0.170. The summed E-state index contributed by atoms with van der Waals surface area (Å²) in [6.07, 6.45) is 9.31. The monoisotopic (exact) mass is 442 g/mol. The lowest BCUT2D eigenvalue weighted by Gasteiger charge is -2.62. The van der Waals surface area contributed by atoms with Gasteiger partial charge in [0.15, 0.2) is 0 Å². The quantitative estimate of drug-likeness (QED) is 0.552. The van der Waals surface area contributed by atoms with Crippen LogP contribution in [0.1, 0.15) is 85.0 Å². The summed E-state index contributed by atoms with van der Waals surface area (Å²) in [7, 11) is -3.88. The number of hydrogen-bond donors (Lipinski definition) is 3. The van der Waals surface area contributed by atoms with Gasteiger partial charge in [-0.25, -0.2) is 0 Å². The van der Waals surface area contributed by atoms with Crippen LogP contribution >= 0.6 is 0 Å². The average molecular weight is 443 g/mol. The van der Waals surface area contributed by atoms with Crippen molar-refractivity contribution in [3.05, 3.63) is 0 Å². The molecule has 0 aromatic rings. The van der Waals surface area contributed by atoms with Crippen LogP contribution in [0.15, 0.2) is 0 Å². The van der Waals surface area contributed by atoms with Crippen molar-refractivity contribution in [3.8, 4) is 0 Å². The third-order valence-electron chi connectivity index (χ3n) is 10.5. The Morgan fingerprint density at radius 1 is 0.967 bits per heavy atom. The van der Waals surface area contributed by atoms with Gasteiger partial charge in [-0.1, -0.05) is 20.8 Å². The van der Waals surface area contributed by atoms with Gasteiger partial charge >= 0.3 is 0 Å². The third kappa shape index (κ3) is 3.88. The van der Waals surface area contributed by atoms with Gasteiger partial charge in [0.05, 0.1) is 18.0 Å². The van der Waals surface area contributed by atoms with E-state index in [-0.39, 0.29) is 28.8 Å². The maximum atomic E-state index is 11.3. The van der Waals surface area contributed by atoms with Crippen LogP contribution in [0.4, 0.5) is 0 Å². The van der Waals surface area contributed by atoms with Gasteiger partial charge in [0.2, 0.25) is 0 Å². The van der Waals surface area contributed by atoms with Crippen LogP contribution in [0.5, 0.6) is 0 Å². The molecule has 174 valence electrons. The van der Waals surface area contributed by atoms with Crippen molar-refractivity contribution in [3.63, 3.8) is 0 Å². The third-order valence-corrected chi connectivity index (χ3v) is 11.3. The molecule has 4 fully saturated rings. The first kappa shape index (κ1) is 23.0. The van der Waals surface area contributed by atoms with Crippen LogP contribution < -0.4 is 0 Å². The van der Waals surface area contributed by atoms with Crippen molar-refractivity contribution in [1.82, 2.24) is 0 Å². The van der Waals surface area contributed by atoms with E-state index in [2.05, 4.69) is 20.8 Å². The van der Waals surface area contributed by atoms with E-state index in [1.807, 2.05) is 0 Å². The van der Waals surface area contributed by atoms with Gasteiger partial charge in [0.25, 0.3) is 10.1 Å². The molecule has 5 nitrogen and oxygen atoms in total. The topological polar surface area (TPSA) is 94.8 Å². The summed E-state index contributed by atoms with van der Waals surface area (Å²) >= 11 is 0. The van der Waals surface area contributed by atoms with E-state index in [9.17, 15) is 18.6 Å². The van der Waals surface area contributed by atoms with Gasteiger partial charge in [-0.05, 0) is 111 Å². The zero-order valence-corrected chi connectivity index (χ0v) is 19.8. The van der Waals surface area contributed by atoms with Crippen molar-refractivity contribution >= 4 is 10.1 Å². The van der Waals surface area contributed by atoms with Crippen LogP contribution in [0.25, 0.3) is 0 Å². The summed E-state index contributed by atoms with van der Waals surface area (Å²) in [5.74, 6) is 2.78. The maximum Gasteiger partial charge on any atom is 0.264 e. The zero-order valence-electron chi connectivity index (χ0n) is 19.0. The predicted molar refractivity (Wildman–Crippen MR) is 117 cm³/mol. The molecule has 0 radical (unpaired) electrons. The summed E-state index contributed by atoms with van der Waals surface area (Å²) in [5, 5.41) is 21.5. The van der Waals surface area contributed by atoms with Gasteiger partial charge in [0, 0.05) is 0 Å². The fraction of sp³-hybridized carbons (Fsp3) is 1.00. The molecular formula is C24H42O5S. The van der Waals surface area contributed by atoms with E-state index < -0.39 is 10.1 Å². The van der Waals surface area contributed by atoms with Crippen molar-refractivity contribution in [2.45, 2.75) is 97.2 Å². The molecule has 0 saturated heterocycles. The fourth-order valence-electron chi connectivity index (χ4n) is 8.96. The van der Waals surface area contributed by atoms with Crippen LogP contribution in [-0.2, 0) is 10.1 Å². The predicted octanol–water partition coefficient (Wildman–Crippen LogP) is 4.28. The molecule has 10 atom stereocenters. The molecule has 3 unspecified atom stereocenters. The standard InChI is InChI=1S/C24H42O5S/c1-15(5-4-12-30(27,28)29)18-6-7-19-22-20(9-11-24(18,19)3)23(2)10-8-17(25)13-16(23)14-21(22)26/h15-22,25-26H,4-14H2,1-3H3,(H,27,28,29)/t15-,16+,17-,18-,19?,20?,21+,22?,23+,24-/m1/s1. The SMILES string of the molecule is C[C@H](CCCS(=O)(=O)O)[C@H]1CCC2C3C(CC[C@@]21C)[C@@]1(C)CC[C@@H](O)C[C@H]1C[C@@H]3O. The Balaban J connectivity index is 1.50. The fourth-order valence-corrected chi connectivity index (χ4v) is 9.50. The van der Waals surface area contributed by atoms with Crippen molar-refractivity contribution in [2.75, 3.05) is 5.75 Å². The molecule has 0 spiro atoms. The normalized spacial score (nSPS) is 49.7. The Bertz CT molecular complexity index is 738. The van der Waals surface area contributed by atoms with Gasteiger partial charge in [-0.2, -0.15) is 8.42 Å². The summed E-state index contributed by atoms with van der Waals surface area (Å²) in [6.45, 7) is 7.14. The van der Waals surface area contributed by atoms with E-state index in [0.717, 1.165) is 32.1 Å². The summed E-state index contributed by atoms with van der Waals surface area (Å²) in [4.78, 5) is 0. The Kier molecular flexibility index (Phi) is 6.13. The highest BCUT2D eigenvalue weighted by atomic mass is 32.2. The summed E-state index contributed by atoms with van der Waals surface area (Å²) < 4.78 is 31.2. The molecule has 0 aromatic carbocycles. The highest BCUT2D eigenvalue weighted by Gasteiger charge is 2.62. The minimum absolute atomic E-state index is 0.140. The number of aliphatic hydroxyl groups is 2. The highest BCUT2D eigenvalue weighted by molar-refractivity contribution is 7.85. The number of fused-ring (bicyclic) bond motifs is 5. The Labute approximate surface area is 182 Å². The Morgan fingerprint density at radius 3 is 2.33 bits per heavy atom. The minimum Gasteiger partial charge on any atom is -0.393 e. The highest BCUT2D eigenvalue weighted by Crippen LogP contribution is 2.68. The van der Waals surface area contributed by atoms with E-state index in [1.54, 1.807) is 0 Å². The summed E-state index contributed by atoms with van der Waals surface area (Å²) in [5.41, 5.74) is 0.473. The molecular weight excluding hydrogens is 400 g/mol. The van der Waals surface area contributed by atoms with E-state index in [0.29, 0.717) is 41.9 Å². The number of hydrogen-bond acceptors (Lipinski definition) is 4. The van der Waals surface area contributed by atoms with Gasteiger partial charge < -0.3 is 10.2 Å². The average Bonchev–Trinajstić information content (AvgIpc) is 2.99. The van der Waals surface area contributed by atoms with Crippen LogP contribution in [0, 0.1) is 46.3 Å². The molecule has 0 heterocycles. The zero-order chi connectivity index (χ0) is 21.9. The van der Waals surface area contributed by atoms with Crippen LogP contribution in [0.2, 0.25) is 0 Å². The van der Waals surface area contributed by atoms with Crippen molar-refractivity contribution < 1.29 is 23.2 Å². The Morgan fingerprint density at radius 2 is 1.63 bits per heavy atom. The molecule has 6 heteroatoms. The van der Waals surface area contributed by atoms with Crippen LogP contribution in [-0.4, -0.2) is 41.1 Å². The minimum atomic E-state index is -3.88. The molecule has 0 bridgehead atoms. The lowest BCUT2D eigenvalue weighted by Crippen LogP contribution is -2.58. The molecule has 0 aliphatic heterocycles. The molecule has 3 N–H and O–H groups in total. The van der Waals surface area contributed by atoms with Crippen LogP contribution in [0.3, 0.4) is 0 Å². The first-order valence-corrected chi connectivity index (χ1v) is 13.9. The van der Waals surface area contributed by atoms with Crippen molar-refractivity contribution in [2.24, 2.45) is 46.3 Å². The van der Waals surface area contributed by atoms with Crippen molar-refractivity contribution in [1.29, 1.82) is 0 Å². The first-order chi connectivity index (χ1) is 14.0. The molecule has 0 aromatic heterocycles. The van der Waals surface area contributed by atoms with E-state index >= 15 is 0 Å². The van der Waals surface area contributed by atoms with Gasteiger partial charge in [0.1, 0.15) is 0 Å². The lowest BCUT2D eigenvalue weighted by molar-refractivity contribution is -0.174. The molecule has 4 saturated carbocycles. The second-order valence-corrected chi connectivity index (χ2v) is 13.4.